The highest BCUT2D eigenvalue weighted by Crippen LogP contribution is 2.52. The van der Waals surface area contributed by atoms with Crippen molar-refractivity contribution in [1.29, 1.82) is 0 Å². The smallest absolute Gasteiger partial charge is 0.0651 e. The Morgan fingerprint density at radius 2 is 1.21 bits per heavy atom. The van der Waals surface area contributed by atoms with Crippen molar-refractivity contribution in [2.45, 2.75) is 19.3 Å². The zero-order chi connectivity index (χ0) is 41.8. The molecular formula is C47H35N. The zero-order valence-electron chi connectivity index (χ0n) is 37.3. The van der Waals surface area contributed by atoms with Gasteiger partial charge in [-0.05, 0) is 97.0 Å². The van der Waals surface area contributed by atoms with Crippen molar-refractivity contribution in [1.82, 2.24) is 0 Å². The van der Waals surface area contributed by atoms with Gasteiger partial charge in [0, 0.05) is 22.2 Å². The first-order valence-electron chi connectivity index (χ1n) is 21.4. The number of hydrogen-bond donors (Lipinski definition) is 0. The van der Waals surface area contributed by atoms with Crippen LogP contribution >= 0.6 is 0 Å². The number of benzene rings is 8. The van der Waals surface area contributed by atoms with Crippen LogP contribution in [-0.2, 0) is 5.41 Å². The third kappa shape index (κ3) is 4.54. The monoisotopic (exact) mass is 624 g/mol. The van der Waals surface area contributed by atoms with Crippen molar-refractivity contribution in [3.63, 3.8) is 0 Å². The van der Waals surface area contributed by atoms with Gasteiger partial charge in [-0.15, -0.1) is 0 Å². The molecule has 1 aliphatic carbocycles. The Bertz CT molecular complexity index is 3090. The minimum Gasteiger partial charge on any atom is -0.310 e. The molecule has 0 unspecified atom stereocenters. The van der Waals surface area contributed by atoms with Gasteiger partial charge in [-0.25, -0.2) is 0 Å². The summed E-state index contributed by atoms with van der Waals surface area (Å²) in [6.07, 6.45) is 0. The summed E-state index contributed by atoms with van der Waals surface area (Å²) in [6, 6.07) is 29.0. The van der Waals surface area contributed by atoms with E-state index < -0.39 is 54.4 Å². The van der Waals surface area contributed by atoms with Crippen LogP contribution in [0.5, 0.6) is 0 Å². The molecule has 0 saturated heterocycles. The fraction of sp³-hybridized carbons (Fsp3) is 0.0638. The van der Waals surface area contributed by atoms with Crippen molar-refractivity contribution in [2.24, 2.45) is 0 Å². The van der Waals surface area contributed by atoms with E-state index in [9.17, 15) is 4.11 Å². The molecule has 9 rings (SSSR count). The summed E-state index contributed by atoms with van der Waals surface area (Å²) in [4.78, 5) is 1.33. The predicted octanol–water partition coefficient (Wildman–Crippen LogP) is 13.1. The highest BCUT2D eigenvalue weighted by atomic mass is 15.1. The fourth-order valence-corrected chi connectivity index (χ4v) is 7.15. The van der Waals surface area contributed by atoms with E-state index in [1.54, 1.807) is 18.2 Å². The molecule has 0 radical (unpaired) electrons. The summed E-state index contributed by atoms with van der Waals surface area (Å²) in [5.41, 5.74) is 6.48. The number of nitrogens with zero attached hydrogens (tertiary/aromatic N) is 1. The standard InChI is InChI=1S/C47H35N/c1-47(2)44-22-8-7-19-42(44)43-21-11-20-41(46(43)47)34-26-28-38(29-27-34)48(45-23-10-15-33-13-5-6-18-40(33)45)39-17-9-16-36(31-39)37-25-24-32-12-3-4-14-35(32)30-37/h3-31H,1-2H3/i5D,6D,9D,10D,13D,15D,16D,17D,18D,23D,31D. The third-order valence-corrected chi connectivity index (χ3v) is 9.41. The van der Waals surface area contributed by atoms with Crippen molar-refractivity contribution in [3.05, 3.63) is 187 Å². The molecule has 0 heterocycles. The molecule has 0 saturated carbocycles. The molecule has 0 fully saturated rings. The van der Waals surface area contributed by atoms with Crippen molar-refractivity contribution in [3.8, 4) is 33.4 Å². The first-order chi connectivity index (χ1) is 28.1. The summed E-state index contributed by atoms with van der Waals surface area (Å²) in [6.45, 7) is 4.39. The van der Waals surface area contributed by atoms with Crippen molar-refractivity contribution in [2.75, 3.05) is 4.90 Å². The van der Waals surface area contributed by atoms with Crippen molar-refractivity contribution >= 4 is 38.6 Å². The maximum Gasteiger partial charge on any atom is 0.0651 e. The van der Waals surface area contributed by atoms with E-state index in [4.69, 9.17) is 11.0 Å². The molecule has 0 bridgehead atoms. The van der Waals surface area contributed by atoms with Crippen LogP contribution in [0.15, 0.2) is 176 Å². The highest BCUT2D eigenvalue weighted by Gasteiger charge is 2.37. The van der Waals surface area contributed by atoms with Gasteiger partial charge < -0.3 is 4.90 Å². The topological polar surface area (TPSA) is 3.24 Å². The molecule has 0 N–H and O–H groups in total. The zero-order valence-corrected chi connectivity index (χ0v) is 26.3. The summed E-state index contributed by atoms with van der Waals surface area (Å²) >= 11 is 0. The molecule has 1 nitrogen and oxygen atoms in total. The Morgan fingerprint density at radius 1 is 0.500 bits per heavy atom. The number of hydrogen-bond acceptors (Lipinski definition) is 1. The molecule has 228 valence electrons. The van der Waals surface area contributed by atoms with Crippen molar-refractivity contribution < 1.29 is 15.1 Å². The van der Waals surface area contributed by atoms with E-state index in [2.05, 4.69) is 38.1 Å². The molecule has 0 spiro atoms. The van der Waals surface area contributed by atoms with E-state index >= 15 is 0 Å². The minimum absolute atomic E-state index is 0.0518. The van der Waals surface area contributed by atoms with Gasteiger partial charge in [0.15, 0.2) is 0 Å². The summed E-state index contributed by atoms with van der Waals surface area (Å²) in [5.74, 6) is 0. The summed E-state index contributed by atoms with van der Waals surface area (Å²) in [5, 5.41) is 1.23. The molecule has 1 heteroatoms. The largest absolute Gasteiger partial charge is 0.310 e. The Morgan fingerprint density at radius 3 is 2.10 bits per heavy atom. The van der Waals surface area contributed by atoms with E-state index in [1.165, 1.54) is 10.5 Å². The Labute approximate surface area is 297 Å². The lowest BCUT2D eigenvalue weighted by atomic mass is 9.79. The second-order valence-electron chi connectivity index (χ2n) is 12.5. The maximum atomic E-state index is 9.75. The third-order valence-electron chi connectivity index (χ3n) is 9.41. The van der Waals surface area contributed by atoms with Gasteiger partial charge in [0.1, 0.15) is 0 Å². The van der Waals surface area contributed by atoms with Gasteiger partial charge >= 0.3 is 0 Å². The molecule has 0 amide bonds. The molecule has 0 aliphatic heterocycles. The van der Waals surface area contributed by atoms with Crippen LogP contribution in [0.1, 0.15) is 40.1 Å². The second kappa shape index (κ2) is 11.1. The van der Waals surface area contributed by atoms with E-state index in [0.717, 1.165) is 38.6 Å². The number of anilines is 3. The average Bonchev–Trinajstić information content (AvgIpc) is 3.48. The second-order valence-corrected chi connectivity index (χ2v) is 12.5. The number of fused-ring (bicyclic) bond motifs is 5. The lowest BCUT2D eigenvalue weighted by Gasteiger charge is -2.28. The lowest BCUT2D eigenvalue weighted by Crippen LogP contribution is -2.16. The van der Waals surface area contributed by atoms with Gasteiger partial charge in [0.25, 0.3) is 0 Å². The van der Waals surface area contributed by atoms with Crippen LogP contribution in [0, 0.1) is 0 Å². The Kier molecular flexibility index (Phi) is 4.40. The fourth-order valence-electron chi connectivity index (χ4n) is 7.15. The van der Waals surface area contributed by atoms with E-state index in [-0.39, 0.29) is 50.9 Å². The van der Waals surface area contributed by atoms with Gasteiger partial charge in [-0.2, -0.15) is 0 Å². The maximum absolute atomic E-state index is 9.75. The minimum atomic E-state index is -0.617. The highest BCUT2D eigenvalue weighted by molar-refractivity contribution is 5.99. The average molecular weight is 625 g/mol. The Hall–Kier alpha value is -5.92. The van der Waals surface area contributed by atoms with Crippen LogP contribution < -0.4 is 4.90 Å². The quantitative estimate of drug-likeness (QED) is 0.184. The van der Waals surface area contributed by atoms with Crippen LogP contribution in [0.3, 0.4) is 0 Å². The normalized spacial score (nSPS) is 16.2. The lowest BCUT2D eigenvalue weighted by molar-refractivity contribution is 0.662. The van der Waals surface area contributed by atoms with Crippen LogP contribution in [-0.4, -0.2) is 0 Å². The van der Waals surface area contributed by atoms with Gasteiger partial charge in [0.2, 0.25) is 0 Å². The van der Waals surface area contributed by atoms with Gasteiger partial charge in [-0.3, -0.25) is 0 Å². The van der Waals surface area contributed by atoms with E-state index in [0.29, 0.717) is 5.56 Å². The van der Waals surface area contributed by atoms with Gasteiger partial charge in [-0.1, -0.05) is 153 Å². The molecule has 8 aromatic rings. The summed E-state index contributed by atoms with van der Waals surface area (Å²) in [7, 11) is 0. The predicted molar refractivity (Wildman–Crippen MR) is 205 cm³/mol. The molecule has 8 aromatic carbocycles. The van der Waals surface area contributed by atoms with Crippen LogP contribution in [0.4, 0.5) is 17.1 Å². The first kappa shape index (κ1) is 19.0. The molecule has 1 aliphatic rings. The van der Waals surface area contributed by atoms with Gasteiger partial charge in [0.05, 0.1) is 20.8 Å². The van der Waals surface area contributed by atoms with E-state index in [1.807, 2.05) is 66.7 Å². The molecule has 48 heavy (non-hydrogen) atoms. The number of rotatable bonds is 5. The molecule has 0 atom stereocenters. The first-order valence-corrected chi connectivity index (χ1v) is 15.9. The van der Waals surface area contributed by atoms with Crippen LogP contribution in [0.25, 0.3) is 54.9 Å². The SMILES string of the molecule is [2H]c1c([2H])c(-c2ccc3ccccc3c2)c([2H])c(N(c2ccc(-c3cccc4c3C(C)(C)c3ccccc3-4)cc2)c2c([2H])c([2H])c([2H])c3c([2H])c([2H])c([2H])c([2H])c23)c1[2H]. The Balaban J connectivity index is 1.35. The van der Waals surface area contributed by atoms with Crippen LogP contribution in [0.2, 0.25) is 0 Å². The summed E-state index contributed by atoms with van der Waals surface area (Å²) < 4.78 is 99.2. The molecular weight excluding hydrogens is 579 g/mol. The molecule has 0 aromatic heterocycles.